The minimum absolute atomic E-state index is 0.146. The fraction of sp³-hybridized carbons (Fsp3) is 0.250. The smallest absolute Gasteiger partial charge is 0.0929 e. The fourth-order valence-corrected chi connectivity index (χ4v) is 1.56. The number of hydrogen-bond donors (Lipinski definition) is 3. The quantitative estimate of drug-likeness (QED) is 0.653. The predicted octanol–water partition coefficient (Wildman–Crippen LogP) is 1.76. The maximum Gasteiger partial charge on any atom is 0.0929 e. The number of anilines is 1. The molecule has 3 heteroatoms. The molecule has 0 aliphatic carbocycles. The zero-order chi connectivity index (χ0) is 13.9. The second-order valence-corrected chi connectivity index (χ2v) is 4.09. The SMILES string of the molecule is C/C=C(\C=C/[NH2+]C)/C=C/c1ccc(NCCO)cc1. The number of quaternary nitrogens is 1. The minimum atomic E-state index is 0.146. The topological polar surface area (TPSA) is 48.9 Å². The molecule has 1 aromatic rings. The maximum atomic E-state index is 8.74. The van der Waals surface area contributed by atoms with Crippen molar-refractivity contribution in [2.24, 2.45) is 0 Å². The van der Waals surface area contributed by atoms with Crippen LogP contribution in [0.2, 0.25) is 0 Å². The third-order valence-electron chi connectivity index (χ3n) is 2.63. The molecule has 0 fully saturated rings. The van der Waals surface area contributed by atoms with Crippen molar-refractivity contribution in [3.8, 4) is 0 Å². The highest BCUT2D eigenvalue weighted by molar-refractivity contribution is 5.58. The number of nitrogens with two attached hydrogens (primary N) is 1. The van der Waals surface area contributed by atoms with E-state index >= 15 is 0 Å². The Hall–Kier alpha value is -1.84. The van der Waals surface area contributed by atoms with Crippen molar-refractivity contribution in [2.75, 3.05) is 25.5 Å². The molecular formula is C16H23N2O+. The van der Waals surface area contributed by atoms with E-state index in [1.54, 1.807) is 0 Å². The van der Waals surface area contributed by atoms with Gasteiger partial charge in [0.15, 0.2) is 0 Å². The van der Waals surface area contributed by atoms with Crippen LogP contribution < -0.4 is 10.6 Å². The molecule has 0 bridgehead atoms. The average Bonchev–Trinajstić information content (AvgIpc) is 2.46. The van der Waals surface area contributed by atoms with Crippen molar-refractivity contribution in [3.63, 3.8) is 0 Å². The number of rotatable bonds is 7. The van der Waals surface area contributed by atoms with Gasteiger partial charge in [0.25, 0.3) is 0 Å². The van der Waals surface area contributed by atoms with Gasteiger partial charge in [-0.05, 0) is 36.3 Å². The summed E-state index contributed by atoms with van der Waals surface area (Å²) >= 11 is 0. The highest BCUT2D eigenvalue weighted by atomic mass is 16.3. The summed E-state index contributed by atoms with van der Waals surface area (Å²) in [6, 6.07) is 8.14. The minimum Gasteiger partial charge on any atom is -0.395 e. The molecule has 0 atom stereocenters. The Morgan fingerprint density at radius 3 is 2.58 bits per heavy atom. The average molecular weight is 259 g/mol. The molecule has 0 amide bonds. The molecule has 0 radical (unpaired) electrons. The lowest BCUT2D eigenvalue weighted by atomic mass is 10.1. The number of hydrogen-bond acceptors (Lipinski definition) is 2. The van der Waals surface area contributed by atoms with Crippen molar-refractivity contribution in [3.05, 3.63) is 59.8 Å². The molecular weight excluding hydrogens is 236 g/mol. The monoisotopic (exact) mass is 259 g/mol. The first kappa shape index (κ1) is 15.2. The van der Waals surface area contributed by atoms with Crippen molar-refractivity contribution >= 4 is 11.8 Å². The molecule has 0 aliphatic heterocycles. The maximum absolute atomic E-state index is 8.74. The zero-order valence-electron chi connectivity index (χ0n) is 11.6. The van der Waals surface area contributed by atoms with Crippen LogP contribution in [-0.4, -0.2) is 25.3 Å². The molecule has 3 nitrogen and oxygen atoms in total. The molecule has 19 heavy (non-hydrogen) atoms. The number of allylic oxidation sites excluding steroid dienone is 4. The first-order chi connectivity index (χ1) is 9.30. The number of benzene rings is 1. The summed E-state index contributed by atoms with van der Waals surface area (Å²) in [7, 11) is 2.01. The van der Waals surface area contributed by atoms with Crippen LogP contribution in [0.5, 0.6) is 0 Å². The van der Waals surface area contributed by atoms with Crippen LogP contribution in [0.25, 0.3) is 6.08 Å². The van der Waals surface area contributed by atoms with Gasteiger partial charge in [-0.1, -0.05) is 30.4 Å². The second kappa shape index (κ2) is 9.14. The molecule has 4 N–H and O–H groups in total. The third kappa shape index (κ3) is 6.04. The lowest BCUT2D eigenvalue weighted by Crippen LogP contribution is -2.72. The van der Waals surface area contributed by atoms with Crippen LogP contribution in [0, 0.1) is 0 Å². The molecule has 102 valence electrons. The summed E-state index contributed by atoms with van der Waals surface area (Å²) in [6.45, 7) is 2.75. The first-order valence-corrected chi connectivity index (χ1v) is 6.55. The molecule has 0 aromatic heterocycles. The Labute approximate surface area is 115 Å². The highest BCUT2D eigenvalue weighted by Gasteiger charge is 1.91. The second-order valence-electron chi connectivity index (χ2n) is 4.09. The Morgan fingerprint density at radius 2 is 2.00 bits per heavy atom. The molecule has 0 saturated carbocycles. The van der Waals surface area contributed by atoms with E-state index in [2.05, 4.69) is 41.8 Å². The van der Waals surface area contributed by atoms with E-state index in [0.29, 0.717) is 6.54 Å². The van der Waals surface area contributed by atoms with Crippen LogP contribution in [0.3, 0.4) is 0 Å². The van der Waals surface area contributed by atoms with Crippen molar-refractivity contribution in [1.82, 2.24) is 0 Å². The highest BCUT2D eigenvalue weighted by Crippen LogP contribution is 2.11. The molecule has 0 saturated heterocycles. The van der Waals surface area contributed by atoms with Gasteiger partial charge in [0.2, 0.25) is 0 Å². The molecule has 0 unspecified atom stereocenters. The molecule has 1 rings (SSSR count). The molecule has 0 heterocycles. The van der Waals surface area contributed by atoms with Gasteiger partial charge in [-0.15, -0.1) is 0 Å². The molecule has 0 aliphatic rings. The van der Waals surface area contributed by atoms with Gasteiger partial charge in [-0.3, -0.25) is 0 Å². The van der Waals surface area contributed by atoms with Crippen LogP contribution in [0.4, 0.5) is 5.69 Å². The summed E-state index contributed by atoms with van der Waals surface area (Å²) in [5.74, 6) is 0. The Kier molecular flexibility index (Phi) is 7.32. The van der Waals surface area contributed by atoms with Crippen LogP contribution in [-0.2, 0) is 0 Å². The summed E-state index contributed by atoms with van der Waals surface area (Å²) in [6.07, 6.45) is 10.4. The third-order valence-corrected chi connectivity index (χ3v) is 2.63. The molecule has 1 aromatic carbocycles. The predicted molar refractivity (Wildman–Crippen MR) is 81.8 cm³/mol. The van der Waals surface area contributed by atoms with Crippen molar-refractivity contribution in [2.45, 2.75) is 6.92 Å². The van der Waals surface area contributed by atoms with E-state index in [1.807, 2.05) is 37.6 Å². The van der Waals surface area contributed by atoms with Gasteiger partial charge in [-0.25, -0.2) is 0 Å². The van der Waals surface area contributed by atoms with E-state index in [0.717, 1.165) is 11.3 Å². The van der Waals surface area contributed by atoms with Gasteiger partial charge in [0, 0.05) is 12.2 Å². The van der Waals surface area contributed by atoms with Gasteiger partial charge in [0.05, 0.1) is 19.9 Å². The van der Waals surface area contributed by atoms with Crippen LogP contribution >= 0.6 is 0 Å². The lowest BCUT2D eigenvalue weighted by Gasteiger charge is -2.03. The van der Waals surface area contributed by atoms with Gasteiger partial charge in [-0.2, -0.15) is 0 Å². The fourth-order valence-electron chi connectivity index (χ4n) is 1.56. The Bertz CT molecular complexity index is 444. The normalized spacial score (nSPS) is 12.5. The van der Waals surface area contributed by atoms with Crippen molar-refractivity contribution < 1.29 is 10.4 Å². The van der Waals surface area contributed by atoms with Crippen LogP contribution in [0.1, 0.15) is 12.5 Å². The standard InChI is InChI=1S/C16H22N2O/c1-3-14(10-11-17-2)4-5-15-6-8-16(9-7-15)18-12-13-19/h3-11,17-19H,12-13H2,1-2H3/p+1/b5-4+,11-10-,14-3-. The van der Waals surface area contributed by atoms with E-state index in [1.165, 1.54) is 5.57 Å². The van der Waals surface area contributed by atoms with E-state index in [9.17, 15) is 0 Å². The Balaban J connectivity index is 2.63. The molecule has 0 spiro atoms. The number of nitrogens with one attached hydrogen (secondary N) is 1. The van der Waals surface area contributed by atoms with E-state index in [4.69, 9.17) is 5.11 Å². The largest absolute Gasteiger partial charge is 0.395 e. The van der Waals surface area contributed by atoms with Crippen molar-refractivity contribution in [1.29, 1.82) is 0 Å². The summed E-state index contributed by atoms with van der Waals surface area (Å²) in [4.78, 5) is 0. The van der Waals surface area contributed by atoms with Crippen LogP contribution in [0.15, 0.2) is 54.3 Å². The first-order valence-electron chi connectivity index (χ1n) is 6.55. The number of aliphatic hydroxyl groups is 1. The lowest BCUT2D eigenvalue weighted by molar-refractivity contribution is -0.556. The Morgan fingerprint density at radius 1 is 1.26 bits per heavy atom. The summed E-state index contributed by atoms with van der Waals surface area (Å²) in [5, 5.41) is 13.9. The summed E-state index contributed by atoms with van der Waals surface area (Å²) in [5.41, 5.74) is 3.36. The zero-order valence-corrected chi connectivity index (χ0v) is 11.6. The van der Waals surface area contributed by atoms with E-state index in [-0.39, 0.29) is 6.61 Å². The number of aliphatic hydroxyl groups excluding tert-OH is 1. The van der Waals surface area contributed by atoms with Gasteiger partial charge >= 0.3 is 0 Å². The van der Waals surface area contributed by atoms with E-state index < -0.39 is 0 Å². The van der Waals surface area contributed by atoms with Gasteiger partial charge in [0.1, 0.15) is 0 Å². The summed E-state index contributed by atoms with van der Waals surface area (Å²) < 4.78 is 0. The van der Waals surface area contributed by atoms with Gasteiger partial charge < -0.3 is 15.7 Å².